The molecule has 0 spiro atoms. The van der Waals surface area contributed by atoms with Crippen molar-refractivity contribution in [3.05, 3.63) is 40.4 Å². The molecule has 1 aliphatic carbocycles. The number of primary amides is 1. The Labute approximate surface area is 163 Å². The summed E-state index contributed by atoms with van der Waals surface area (Å²) < 4.78 is 4.65. The second-order valence-corrected chi connectivity index (χ2v) is 5.44. The van der Waals surface area contributed by atoms with Crippen LogP contribution in [0.4, 0.5) is 5.69 Å². The Bertz CT molecular complexity index is 556. The van der Waals surface area contributed by atoms with Gasteiger partial charge in [0.25, 0.3) is 11.8 Å². The molecule has 1 atom stereocenters. The smallest absolute Gasteiger partial charge is 0.263 e. The fourth-order valence-corrected chi connectivity index (χ4v) is 2.30. The first-order valence-corrected chi connectivity index (χ1v) is 8.17. The summed E-state index contributed by atoms with van der Waals surface area (Å²) in [7, 11) is 2.21. The number of rotatable bonds is 4. The maximum absolute atomic E-state index is 11.6. The van der Waals surface area contributed by atoms with Crippen molar-refractivity contribution in [1.82, 2.24) is 0 Å². The van der Waals surface area contributed by atoms with E-state index >= 15 is 0 Å². The summed E-state index contributed by atoms with van der Waals surface area (Å²) in [4.78, 5) is 30.5. The topological polar surface area (TPSA) is 119 Å². The van der Waals surface area contributed by atoms with E-state index in [-0.39, 0.29) is 0 Å². The number of nitrogens with one attached hydrogen (secondary N) is 1. The van der Waals surface area contributed by atoms with Crippen LogP contribution in [0.25, 0.3) is 0 Å². The van der Waals surface area contributed by atoms with Crippen LogP contribution < -0.4 is 11.1 Å². The Morgan fingerprint density at radius 1 is 1.15 bits per heavy atom. The average molecular weight is 407 g/mol. The van der Waals surface area contributed by atoms with Crippen molar-refractivity contribution in [2.75, 3.05) is 19.5 Å². The van der Waals surface area contributed by atoms with Crippen LogP contribution in [0.2, 0.25) is 10.0 Å². The monoisotopic (exact) mass is 406 g/mol. The molecule has 4 N–H and O–H groups in total. The molecule has 7 nitrogen and oxygen atoms in total. The predicted octanol–water partition coefficient (Wildman–Crippen LogP) is 2.58. The molecular weight excluding hydrogens is 383 g/mol. The van der Waals surface area contributed by atoms with Gasteiger partial charge in [-0.2, -0.15) is 0 Å². The molecule has 1 aromatic rings. The molecule has 9 heteroatoms. The molecule has 146 valence electrons. The Balaban J connectivity index is 0. The van der Waals surface area contributed by atoms with Gasteiger partial charge in [-0.3, -0.25) is 9.59 Å². The lowest BCUT2D eigenvalue weighted by molar-refractivity contribution is -0.138. The van der Waals surface area contributed by atoms with Gasteiger partial charge in [-0.05, 0) is 37.5 Å². The van der Waals surface area contributed by atoms with Gasteiger partial charge in [-0.25, -0.2) is 0 Å². The second kappa shape index (κ2) is 16.5. The van der Waals surface area contributed by atoms with Gasteiger partial charge >= 0.3 is 0 Å². The highest BCUT2D eigenvalue weighted by atomic mass is 35.5. The third kappa shape index (κ3) is 11.6. The summed E-state index contributed by atoms with van der Waals surface area (Å²) >= 11 is 11.5. The minimum absolute atomic E-state index is 0.357. The summed E-state index contributed by atoms with van der Waals surface area (Å²) in [6.45, 7) is 2.00. The highest BCUT2D eigenvalue weighted by Crippen LogP contribution is 2.22. The van der Waals surface area contributed by atoms with Crippen molar-refractivity contribution < 1.29 is 24.2 Å². The number of methoxy groups -OCH3 is 1. The first-order chi connectivity index (χ1) is 12.4. The van der Waals surface area contributed by atoms with E-state index in [0.717, 1.165) is 7.11 Å². The molecule has 1 aliphatic rings. The van der Waals surface area contributed by atoms with Crippen LogP contribution in [0, 0.1) is 0 Å². The molecule has 0 fully saturated rings. The van der Waals surface area contributed by atoms with Gasteiger partial charge < -0.3 is 25.7 Å². The van der Waals surface area contributed by atoms with Gasteiger partial charge in [-0.1, -0.05) is 35.4 Å². The molecule has 0 radical (unpaired) electrons. The van der Waals surface area contributed by atoms with E-state index in [1.165, 1.54) is 44.6 Å². The molecule has 0 aliphatic heterocycles. The minimum Gasteiger partial charge on any atom is -0.400 e. The molecule has 0 aromatic heterocycles. The Kier molecular flexibility index (Phi) is 16.7. The number of halogens is 2. The van der Waals surface area contributed by atoms with Crippen molar-refractivity contribution in [1.29, 1.82) is 0 Å². The number of nitrogens with two attached hydrogens (primary N) is 1. The van der Waals surface area contributed by atoms with Crippen LogP contribution >= 0.6 is 23.2 Å². The van der Waals surface area contributed by atoms with Crippen LogP contribution in [0.1, 0.15) is 19.3 Å². The van der Waals surface area contributed by atoms with E-state index in [2.05, 4.69) is 22.2 Å². The number of amides is 2. The van der Waals surface area contributed by atoms with E-state index in [1.807, 2.05) is 6.79 Å². The van der Waals surface area contributed by atoms with Crippen molar-refractivity contribution in [2.45, 2.75) is 25.4 Å². The summed E-state index contributed by atoms with van der Waals surface area (Å²) in [5.74, 6) is -1.56. The van der Waals surface area contributed by atoms with Gasteiger partial charge in [0.1, 0.15) is 6.79 Å². The van der Waals surface area contributed by atoms with Gasteiger partial charge in [0.05, 0.1) is 0 Å². The van der Waals surface area contributed by atoms with E-state index in [1.54, 1.807) is 0 Å². The molecule has 0 saturated carbocycles. The molecular formula is C17H24Cl2N2O5. The van der Waals surface area contributed by atoms with Gasteiger partial charge in [0, 0.05) is 30.0 Å². The normalized spacial score (nSPS) is 12.2. The fourth-order valence-electron chi connectivity index (χ4n) is 1.78. The Morgan fingerprint density at radius 3 is 1.92 bits per heavy atom. The van der Waals surface area contributed by atoms with Crippen LogP contribution in [-0.4, -0.2) is 44.0 Å². The van der Waals surface area contributed by atoms with Crippen molar-refractivity contribution in [3.8, 4) is 0 Å². The van der Waals surface area contributed by atoms with E-state index in [9.17, 15) is 9.59 Å². The van der Waals surface area contributed by atoms with Crippen LogP contribution in [0.3, 0.4) is 0 Å². The molecule has 26 heavy (non-hydrogen) atoms. The molecule has 1 unspecified atom stereocenters. The summed E-state index contributed by atoms with van der Waals surface area (Å²) in [6.07, 6.45) is 7.15. The molecule has 0 saturated heterocycles. The lowest BCUT2D eigenvalue weighted by Gasteiger charge is -2.12. The lowest BCUT2D eigenvalue weighted by atomic mass is 10.2. The summed E-state index contributed by atoms with van der Waals surface area (Å²) in [6, 6.07) is 4.48. The van der Waals surface area contributed by atoms with Crippen molar-refractivity contribution in [2.24, 2.45) is 5.73 Å². The second-order valence-electron chi connectivity index (χ2n) is 4.57. The molecule has 0 bridgehead atoms. The first-order valence-electron chi connectivity index (χ1n) is 7.41. The maximum atomic E-state index is 11.6. The van der Waals surface area contributed by atoms with Gasteiger partial charge in [0.15, 0.2) is 0 Å². The van der Waals surface area contributed by atoms with E-state index in [4.69, 9.17) is 38.8 Å². The van der Waals surface area contributed by atoms with E-state index in [0.29, 0.717) is 15.7 Å². The number of allylic oxidation sites excluding steroid dienone is 2. The number of aliphatic hydroxyl groups excluding tert-OH is 1. The predicted molar refractivity (Wildman–Crippen MR) is 103 cm³/mol. The van der Waals surface area contributed by atoms with E-state index < -0.39 is 17.9 Å². The average Bonchev–Trinajstić information content (AvgIpc) is 3.17. The molecule has 0 heterocycles. The Morgan fingerprint density at radius 2 is 1.62 bits per heavy atom. The Hall–Kier alpha value is -1.93. The highest BCUT2D eigenvalue weighted by Gasteiger charge is 2.23. The summed E-state index contributed by atoms with van der Waals surface area (Å²) in [5, 5.41) is 10.1. The number of ether oxygens (including phenoxy) is 1. The molecule has 1 aromatic carbocycles. The number of carbonyl (C=O) groups is 3. The van der Waals surface area contributed by atoms with Crippen molar-refractivity contribution >= 4 is 47.5 Å². The number of aliphatic hydroxyl groups is 1. The zero-order chi connectivity index (χ0) is 20.5. The zero-order valence-corrected chi connectivity index (χ0v) is 16.2. The molecule has 2 rings (SSSR count). The number of hydrogen-bond acceptors (Lipinski definition) is 5. The summed E-state index contributed by atoms with van der Waals surface area (Å²) in [5.41, 5.74) is 5.34. The fraction of sp³-hybridized carbons (Fsp3) is 0.353. The first kappa shape index (κ1) is 26.3. The number of benzene rings is 1. The number of carbonyl (C=O) groups excluding carboxylic acids is 3. The maximum Gasteiger partial charge on any atom is 0.263 e. The number of anilines is 1. The minimum atomic E-state index is -1.35. The third-order valence-electron chi connectivity index (χ3n) is 2.77. The van der Waals surface area contributed by atoms with Crippen LogP contribution in [-0.2, 0) is 19.1 Å². The SMILES string of the molecule is C1=CCCC1.C=O.CO.COC(C(N)=O)C(=O)Nc1cc(Cl)cc(Cl)c1. The quantitative estimate of drug-likeness (QED) is 0.524. The zero-order valence-electron chi connectivity index (χ0n) is 14.7. The highest BCUT2D eigenvalue weighted by molar-refractivity contribution is 6.35. The standard InChI is InChI=1S/C10H10Cl2N2O3.C5H8.CH4O.CH2O/c1-17-8(9(13)15)10(16)14-7-3-5(11)2-6(12)4-7;1-2-4-5-3-1;2*1-2/h2-4,8H,1H3,(H2,13,15)(H,14,16);1-2H,3-5H2;2H,1H3;1H2. The lowest BCUT2D eigenvalue weighted by Crippen LogP contribution is -2.40. The third-order valence-corrected chi connectivity index (χ3v) is 3.21. The number of hydrogen-bond donors (Lipinski definition) is 3. The van der Waals surface area contributed by atoms with Crippen LogP contribution in [0.5, 0.6) is 0 Å². The largest absolute Gasteiger partial charge is 0.400 e. The van der Waals surface area contributed by atoms with Crippen molar-refractivity contribution in [3.63, 3.8) is 0 Å². The van der Waals surface area contributed by atoms with Gasteiger partial charge in [0.2, 0.25) is 6.10 Å². The molecule has 2 amide bonds. The van der Waals surface area contributed by atoms with Crippen LogP contribution in [0.15, 0.2) is 30.4 Å². The van der Waals surface area contributed by atoms with Gasteiger partial charge in [-0.15, -0.1) is 0 Å².